The number of carboxylic acid groups (broad SMARTS) is 1. The van der Waals surface area contributed by atoms with E-state index in [9.17, 15) is 9.59 Å². The summed E-state index contributed by atoms with van der Waals surface area (Å²) in [5.41, 5.74) is 0.319. The summed E-state index contributed by atoms with van der Waals surface area (Å²) in [6.07, 6.45) is 3.14. The molecule has 0 saturated carbocycles. The van der Waals surface area contributed by atoms with Gasteiger partial charge in [-0.25, -0.2) is 4.79 Å². The van der Waals surface area contributed by atoms with E-state index in [0.29, 0.717) is 10.9 Å². The molecule has 0 unspecified atom stereocenters. The van der Waals surface area contributed by atoms with Crippen LogP contribution in [0.3, 0.4) is 0 Å². The Morgan fingerprint density at radius 2 is 1.94 bits per heavy atom. The lowest BCUT2D eigenvalue weighted by Gasteiger charge is -1.87. The minimum atomic E-state index is -1.04. The van der Waals surface area contributed by atoms with Crippen LogP contribution in [-0.4, -0.2) is 15.5 Å². The molecule has 0 spiro atoms. The van der Waals surface area contributed by atoms with E-state index >= 15 is 0 Å². The smallest absolute Gasteiger partial charge is 0.337 e. The Balaban J connectivity index is 2.53. The topological polar surface area (TPSA) is 58.8 Å². The summed E-state index contributed by atoms with van der Waals surface area (Å²) >= 11 is 0. The van der Waals surface area contributed by atoms with Crippen molar-refractivity contribution in [1.82, 2.24) is 4.40 Å². The largest absolute Gasteiger partial charge is 0.478 e. The van der Waals surface area contributed by atoms with Crippen LogP contribution in [0.25, 0.3) is 16.3 Å². The van der Waals surface area contributed by atoms with Crippen molar-refractivity contribution in [2.75, 3.05) is 0 Å². The van der Waals surface area contributed by atoms with Crippen LogP contribution in [0.1, 0.15) is 10.4 Å². The van der Waals surface area contributed by atoms with Gasteiger partial charge in [-0.3, -0.25) is 4.79 Å². The van der Waals surface area contributed by atoms with Gasteiger partial charge >= 0.3 is 5.97 Å². The van der Waals surface area contributed by atoms with Crippen LogP contribution in [0.15, 0.2) is 53.6 Å². The monoisotopic (exact) mass is 239 g/mol. The predicted octanol–water partition coefficient (Wildman–Crippen LogP) is 2.15. The number of hydrogen-bond acceptors (Lipinski definition) is 2. The molecular formula is C14H9NO3. The van der Waals surface area contributed by atoms with Crippen LogP contribution in [0.4, 0.5) is 0 Å². The fourth-order valence-corrected chi connectivity index (χ4v) is 2.05. The minimum Gasteiger partial charge on any atom is -0.478 e. The first-order chi connectivity index (χ1) is 8.66. The van der Waals surface area contributed by atoms with E-state index in [0.717, 1.165) is 5.39 Å². The van der Waals surface area contributed by atoms with Crippen molar-refractivity contribution in [3.8, 4) is 0 Å². The maximum absolute atomic E-state index is 12.3. The summed E-state index contributed by atoms with van der Waals surface area (Å²) in [5.74, 6) is -1.04. The van der Waals surface area contributed by atoms with E-state index in [1.54, 1.807) is 28.8 Å². The van der Waals surface area contributed by atoms with Gasteiger partial charge < -0.3 is 9.51 Å². The van der Waals surface area contributed by atoms with Crippen molar-refractivity contribution in [2.45, 2.75) is 0 Å². The highest BCUT2D eigenvalue weighted by Gasteiger charge is 2.09. The molecular weight excluding hydrogens is 230 g/mol. The Morgan fingerprint density at radius 3 is 2.72 bits per heavy atom. The molecule has 2 heterocycles. The summed E-state index contributed by atoms with van der Waals surface area (Å²) in [7, 11) is 0. The van der Waals surface area contributed by atoms with Gasteiger partial charge in [-0.2, -0.15) is 0 Å². The van der Waals surface area contributed by atoms with Crippen molar-refractivity contribution >= 4 is 22.3 Å². The normalized spacial score (nSPS) is 10.9. The van der Waals surface area contributed by atoms with E-state index in [-0.39, 0.29) is 11.0 Å². The second-order valence-electron chi connectivity index (χ2n) is 4.06. The highest BCUT2D eigenvalue weighted by molar-refractivity contribution is 5.91. The van der Waals surface area contributed by atoms with Gasteiger partial charge in [-0.05, 0) is 17.5 Å². The number of carbonyl (C=O) groups is 1. The Kier molecular flexibility index (Phi) is 2.16. The van der Waals surface area contributed by atoms with Gasteiger partial charge in [0, 0.05) is 17.8 Å². The lowest BCUT2D eigenvalue weighted by Crippen LogP contribution is -1.99. The Morgan fingerprint density at radius 1 is 1.17 bits per heavy atom. The lowest BCUT2D eigenvalue weighted by atomic mass is 10.2. The first-order valence-electron chi connectivity index (χ1n) is 5.44. The molecule has 2 aromatic heterocycles. The van der Waals surface area contributed by atoms with E-state index in [1.165, 1.54) is 12.3 Å². The third-order valence-electron chi connectivity index (χ3n) is 2.95. The number of aromatic carboxylic acids is 1. The molecule has 0 atom stereocenters. The molecule has 3 rings (SSSR count). The Labute approximate surface area is 102 Å². The molecule has 0 radical (unpaired) electrons. The highest BCUT2D eigenvalue weighted by Crippen LogP contribution is 2.12. The summed E-state index contributed by atoms with van der Waals surface area (Å²) < 4.78 is 1.55. The molecule has 0 saturated heterocycles. The zero-order valence-electron chi connectivity index (χ0n) is 9.33. The molecule has 18 heavy (non-hydrogen) atoms. The maximum atomic E-state index is 12.3. The van der Waals surface area contributed by atoms with Gasteiger partial charge in [0.2, 0.25) is 5.43 Å². The number of nitrogens with zero attached hydrogens (tertiary/aromatic N) is 1. The summed E-state index contributed by atoms with van der Waals surface area (Å²) in [5, 5.41) is 10.4. The molecule has 3 aromatic rings. The number of fused-ring (bicyclic) bond motifs is 2. The first kappa shape index (κ1) is 10.5. The zero-order chi connectivity index (χ0) is 12.7. The molecule has 0 bridgehead atoms. The van der Waals surface area contributed by atoms with Gasteiger partial charge in [0.15, 0.2) is 0 Å². The van der Waals surface area contributed by atoms with Gasteiger partial charge in [0.05, 0.1) is 11.1 Å². The number of carboxylic acids is 1. The van der Waals surface area contributed by atoms with Crippen molar-refractivity contribution in [2.24, 2.45) is 0 Å². The molecule has 1 N–H and O–H groups in total. The summed E-state index contributed by atoms with van der Waals surface area (Å²) in [6.45, 7) is 0. The van der Waals surface area contributed by atoms with Crippen molar-refractivity contribution in [3.63, 3.8) is 0 Å². The van der Waals surface area contributed by atoms with E-state index in [2.05, 4.69) is 0 Å². The molecule has 88 valence electrons. The van der Waals surface area contributed by atoms with E-state index in [1.807, 2.05) is 12.1 Å². The van der Waals surface area contributed by atoms with Crippen molar-refractivity contribution in [1.29, 1.82) is 0 Å². The number of hydrogen-bond donors (Lipinski definition) is 1. The number of benzene rings is 1. The molecule has 4 heteroatoms. The third-order valence-corrected chi connectivity index (χ3v) is 2.95. The fourth-order valence-electron chi connectivity index (χ4n) is 2.05. The van der Waals surface area contributed by atoms with Gasteiger partial charge in [0.1, 0.15) is 0 Å². The summed E-state index contributed by atoms with van der Waals surface area (Å²) in [4.78, 5) is 23.2. The zero-order valence-corrected chi connectivity index (χ0v) is 9.33. The van der Waals surface area contributed by atoms with Crippen LogP contribution in [-0.2, 0) is 0 Å². The second kappa shape index (κ2) is 3.70. The highest BCUT2D eigenvalue weighted by atomic mass is 16.4. The van der Waals surface area contributed by atoms with Gasteiger partial charge in [-0.15, -0.1) is 0 Å². The maximum Gasteiger partial charge on any atom is 0.337 e. The molecule has 0 aliphatic heterocycles. The molecule has 0 aliphatic rings. The molecule has 1 aromatic carbocycles. The van der Waals surface area contributed by atoms with Crippen LogP contribution in [0, 0.1) is 0 Å². The molecule has 0 fully saturated rings. The lowest BCUT2D eigenvalue weighted by molar-refractivity contribution is 0.0697. The number of rotatable bonds is 1. The third kappa shape index (κ3) is 1.47. The minimum absolute atomic E-state index is 0.113. The average Bonchev–Trinajstić information content (AvgIpc) is 2.75. The van der Waals surface area contributed by atoms with Crippen LogP contribution >= 0.6 is 0 Å². The molecule has 4 nitrogen and oxygen atoms in total. The van der Waals surface area contributed by atoms with Crippen LogP contribution in [0.5, 0.6) is 0 Å². The van der Waals surface area contributed by atoms with Crippen LogP contribution < -0.4 is 5.43 Å². The van der Waals surface area contributed by atoms with Crippen molar-refractivity contribution in [3.05, 3.63) is 64.6 Å². The van der Waals surface area contributed by atoms with E-state index in [4.69, 9.17) is 5.11 Å². The standard InChI is InChI=1S/C14H9NO3/c16-13-11-4-2-1-3-9(11)5-6-15-8-10(14(17)18)7-12(13)15/h1-8H,(H,17,18). The SMILES string of the molecule is O=C(O)c1cc2c(=O)c3ccccc3ccn2c1. The number of aromatic nitrogens is 1. The fraction of sp³-hybridized carbons (Fsp3) is 0. The van der Waals surface area contributed by atoms with Crippen LogP contribution in [0.2, 0.25) is 0 Å². The second-order valence-corrected chi connectivity index (χ2v) is 4.06. The Hall–Kier alpha value is -2.62. The molecule has 0 amide bonds. The summed E-state index contributed by atoms with van der Waals surface area (Å²) in [6, 6.07) is 10.5. The van der Waals surface area contributed by atoms with Gasteiger partial charge in [0.25, 0.3) is 0 Å². The van der Waals surface area contributed by atoms with Gasteiger partial charge in [-0.1, -0.05) is 24.3 Å². The quantitative estimate of drug-likeness (QED) is 0.707. The predicted molar refractivity (Wildman–Crippen MR) is 68.1 cm³/mol. The molecule has 0 aliphatic carbocycles. The van der Waals surface area contributed by atoms with Crippen molar-refractivity contribution < 1.29 is 9.90 Å². The van der Waals surface area contributed by atoms with E-state index < -0.39 is 5.97 Å². The first-order valence-corrected chi connectivity index (χ1v) is 5.44. The Bertz CT molecular complexity index is 833. The average molecular weight is 239 g/mol.